The highest BCUT2D eigenvalue weighted by atomic mass is 16.5. The van der Waals surface area contributed by atoms with E-state index < -0.39 is 0 Å². The van der Waals surface area contributed by atoms with E-state index in [9.17, 15) is 9.59 Å². The molecule has 1 heterocycles. The number of carbonyl (C=O) groups excluding carboxylic acids is 2. The summed E-state index contributed by atoms with van der Waals surface area (Å²) in [5, 5.41) is 0. The molecule has 0 N–H and O–H groups in total. The van der Waals surface area contributed by atoms with Crippen LogP contribution in [0.5, 0.6) is 5.75 Å². The standard InChI is InChI=1S/C24H36N2O3/c1-20-8-5-6-11-22(20)29-19-7-12-23(27)25-15-17-26(18-16-25)24(28)14-13-21-9-3-2-4-10-21/h5-6,8,11,21H,2-4,7,9-10,12-19H2,1H3. The van der Waals surface area contributed by atoms with Crippen molar-refractivity contribution in [3.63, 3.8) is 0 Å². The first-order valence-electron chi connectivity index (χ1n) is 11.4. The van der Waals surface area contributed by atoms with Crippen molar-refractivity contribution in [3.8, 4) is 5.75 Å². The van der Waals surface area contributed by atoms with Crippen LogP contribution in [0.15, 0.2) is 24.3 Å². The van der Waals surface area contributed by atoms with Crippen molar-refractivity contribution in [2.24, 2.45) is 5.92 Å². The van der Waals surface area contributed by atoms with Crippen LogP contribution in [-0.2, 0) is 9.59 Å². The van der Waals surface area contributed by atoms with E-state index in [1.807, 2.05) is 41.0 Å². The summed E-state index contributed by atoms with van der Waals surface area (Å²) in [7, 11) is 0. The second-order valence-electron chi connectivity index (χ2n) is 8.52. The normalized spacial score (nSPS) is 18.0. The van der Waals surface area contributed by atoms with E-state index in [1.54, 1.807) is 0 Å². The molecule has 0 bridgehead atoms. The van der Waals surface area contributed by atoms with Gasteiger partial charge in [0.2, 0.25) is 11.8 Å². The quantitative estimate of drug-likeness (QED) is 0.615. The molecule has 29 heavy (non-hydrogen) atoms. The van der Waals surface area contributed by atoms with Gasteiger partial charge in [0.05, 0.1) is 6.61 Å². The third kappa shape index (κ3) is 6.76. The SMILES string of the molecule is Cc1ccccc1OCCCC(=O)N1CCN(C(=O)CCC2CCCCC2)CC1. The molecule has 1 saturated heterocycles. The average molecular weight is 401 g/mol. The van der Waals surface area contributed by atoms with Crippen molar-refractivity contribution >= 4 is 11.8 Å². The number of hydrogen-bond donors (Lipinski definition) is 0. The van der Waals surface area contributed by atoms with Gasteiger partial charge in [0.15, 0.2) is 0 Å². The van der Waals surface area contributed by atoms with Gasteiger partial charge in [0, 0.05) is 39.0 Å². The third-order valence-corrected chi connectivity index (χ3v) is 6.36. The van der Waals surface area contributed by atoms with Gasteiger partial charge in [-0.15, -0.1) is 0 Å². The summed E-state index contributed by atoms with van der Waals surface area (Å²) in [5.41, 5.74) is 1.11. The van der Waals surface area contributed by atoms with Gasteiger partial charge in [0.1, 0.15) is 5.75 Å². The molecule has 1 saturated carbocycles. The number of amides is 2. The predicted molar refractivity (Wildman–Crippen MR) is 115 cm³/mol. The number of aryl methyl sites for hydroxylation is 1. The fourth-order valence-electron chi connectivity index (χ4n) is 4.45. The lowest BCUT2D eigenvalue weighted by Crippen LogP contribution is -2.50. The van der Waals surface area contributed by atoms with E-state index in [0.717, 1.165) is 23.7 Å². The molecule has 0 unspecified atom stereocenters. The lowest BCUT2D eigenvalue weighted by Gasteiger charge is -2.35. The highest BCUT2D eigenvalue weighted by Gasteiger charge is 2.24. The molecule has 3 rings (SSSR count). The van der Waals surface area contributed by atoms with Gasteiger partial charge in [0.25, 0.3) is 0 Å². The van der Waals surface area contributed by atoms with Crippen molar-refractivity contribution in [3.05, 3.63) is 29.8 Å². The summed E-state index contributed by atoms with van der Waals surface area (Å²) in [6.45, 7) is 5.25. The van der Waals surface area contributed by atoms with Crippen LogP contribution < -0.4 is 4.74 Å². The van der Waals surface area contributed by atoms with Crippen molar-refractivity contribution in [1.82, 2.24) is 9.80 Å². The molecule has 0 aromatic heterocycles. The van der Waals surface area contributed by atoms with Crippen LogP contribution in [0.2, 0.25) is 0 Å². The number of nitrogens with zero attached hydrogens (tertiary/aromatic N) is 2. The van der Waals surface area contributed by atoms with E-state index in [4.69, 9.17) is 4.74 Å². The molecule has 160 valence electrons. The van der Waals surface area contributed by atoms with Crippen molar-refractivity contribution in [1.29, 1.82) is 0 Å². The highest BCUT2D eigenvalue weighted by Crippen LogP contribution is 2.27. The molecule has 1 aliphatic carbocycles. The van der Waals surface area contributed by atoms with Gasteiger partial charge in [-0.1, -0.05) is 50.3 Å². The molecule has 2 aliphatic rings. The number of para-hydroxylation sites is 1. The molecule has 0 atom stereocenters. The Hall–Kier alpha value is -2.04. The topological polar surface area (TPSA) is 49.9 Å². The molecule has 5 nitrogen and oxygen atoms in total. The molecular weight excluding hydrogens is 364 g/mol. The van der Waals surface area contributed by atoms with Crippen LogP contribution in [0, 0.1) is 12.8 Å². The van der Waals surface area contributed by atoms with Gasteiger partial charge in [-0.05, 0) is 37.3 Å². The van der Waals surface area contributed by atoms with E-state index in [1.165, 1.54) is 32.1 Å². The Labute approximate surface area is 175 Å². The summed E-state index contributed by atoms with van der Waals surface area (Å²) in [6.07, 6.45) is 9.54. The third-order valence-electron chi connectivity index (χ3n) is 6.36. The second-order valence-corrected chi connectivity index (χ2v) is 8.52. The Morgan fingerprint density at radius 1 is 0.931 bits per heavy atom. The lowest BCUT2D eigenvalue weighted by molar-refractivity contribution is -0.139. The Bertz CT molecular complexity index is 662. The van der Waals surface area contributed by atoms with Crippen LogP contribution >= 0.6 is 0 Å². The summed E-state index contributed by atoms with van der Waals surface area (Å²) < 4.78 is 5.78. The molecular formula is C24H36N2O3. The summed E-state index contributed by atoms with van der Waals surface area (Å²) in [5.74, 6) is 2.08. The molecule has 2 fully saturated rings. The summed E-state index contributed by atoms with van der Waals surface area (Å²) in [4.78, 5) is 28.8. The van der Waals surface area contributed by atoms with Crippen LogP contribution in [0.1, 0.15) is 63.4 Å². The maximum Gasteiger partial charge on any atom is 0.222 e. The Morgan fingerprint density at radius 3 is 2.21 bits per heavy atom. The molecule has 0 spiro atoms. The minimum Gasteiger partial charge on any atom is -0.493 e. The van der Waals surface area contributed by atoms with Crippen LogP contribution in [0.3, 0.4) is 0 Å². The highest BCUT2D eigenvalue weighted by molar-refractivity contribution is 5.78. The largest absolute Gasteiger partial charge is 0.493 e. The van der Waals surface area contributed by atoms with Crippen molar-refractivity contribution < 1.29 is 14.3 Å². The van der Waals surface area contributed by atoms with Gasteiger partial charge >= 0.3 is 0 Å². The molecule has 2 amide bonds. The van der Waals surface area contributed by atoms with E-state index in [2.05, 4.69) is 0 Å². The van der Waals surface area contributed by atoms with Crippen LogP contribution in [-0.4, -0.2) is 54.4 Å². The summed E-state index contributed by atoms with van der Waals surface area (Å²) in [6, 6.07) is 7.94. The second kappa shape index (κ2) is 11.2. The number of carbonyl (C=O) groups is 2. The van der Waals surface area contributed by atoms with Gasteiger partial charge < -0.3 is 14.5 Å². The van der Waals surface area contributed by atoms with Crippen molar-refractivity contribution in [2.75, 3.05) is 32.8 Å². The Morgan fingerprint density at radius 2 is 1.55 bits per heavy atom. The first-order chi connectivity index (χ1) is 14.1. The van der Waals surface area contributed by atoms with Crippen LogP contribution in [0.25, 0.3) is 0 Å². The summed E-state index contributed by atoms with van der Waals surface area (Å²) >= 11 is 0. The molecule has 5 heteroatoms. The number of benzene rings is 1. The number of piperazine rings is 1. The van der Waals surface area contributed by atoms with Gasteiger partial charge in [-0.25, -0.2) is 0 Å². The van der Waals surface area contributed by atoms with Gasteiger partial charge in [-0.2, -0.15) is 0 Å². The number of rotatable bonds is 8. The maximum absolute atomic E-state index is 12.5. The van der Waals surface area contributed by atoms with Gasteiger partial charge in [-0.3, -0.25) is 9.59 Å². The molecule has 1 aromatic rings. The fourth-order valence-corrected chi connectivity index (χ4v) is 4.45. The molecule has 0 radical (unpaired) electrons. The molecule has 1 aromatic carbocycles. The smallest absolute Gasteiger partial charge is 0.222 e. The predicted octanol–water partition coefficient (Wildman–Crippen LogP) is 4.19. The molecule has 1 aliphatic heterocycles. The minimum absolute atomic E-state index is 0.174. The van der Waals surface area contributed by atoms with Crippen molar-refractivity contribution in [2.45, 2.75) is 64.7 Å². The zero-order valence-corrected chi connectivity index (χ0v) is 17.9. The zero-order valence-electron chi connectivity index (χ0n) is 17.9. The number of ether oxygens (including phenoxy) is 1. The first kappa shape index (κ1) is 21.7. The fraction of sp³-hybridized carbons (Fsp3) is 0.667. The van der Waals surface area contributed by atoms with E-state index in [-0.39, 0.29) is 11.8 Å². The Kier molecular flexibility index (Phi) is 8.38. The maximum atomic E-state index is 12.5. The zero-order chi connectivity index (χ0) is 20.5. The van der Waals surface area contributed by atoms with E-state index in [0.29, 0.717) is 52.0 Å². The minimum atomic E-state index is 0.174. The van der Waals surface area contributed by atoms with E-state index >= 15 is 0 Å². The Balaban J connectivity index is 1.29. The number of hydrogen-bond acceptors (Lipinski definition) is 3. The monoisotopic (exact) mass is 400 g/mol. The lowest BCUT2D eigenvalue weighted by atomic mass is 9.86. The van der Waals surface area contributed by atoms with Crippen LogP contribution in [0.4, 0.5) is 0 Å². The average Bonchev–Trinajstić information content (AvgIpc) is 2.77. The first-order valence-corrected chi connectivity index (χ1v) is 11.4.